The van der Waals surface area contributed by atoms with Crippen LogP contribution in [0.15, 0.2) is 36.9 Å². The second kappa shape index (κ2) is 3.76. The number of hydrogen-bond acceptors (Lipinski definition) is 3. The third-order valence-corrected chi connectivity index (χ3v) is 2.61. The van der Waals surface area contributed by atoms with Crippen molar-refractivity contribution in [3.8, 4) is 6.07 Å². The number of nitrogens with zero attached hydrogens (tertiary/aromatic N) is 4. The molecule has 3 aromatic heterocycles. The summed E-state index contributed by atoms with van der Waals surface area (Å²) in [6.07, 6.45) is 5.45. The maximum absolute atomic E-state index is 8.84. The first-order valence-corrected chi connectivity index (χ1v) is 5.20. The van der Waals surface area contributed by atoms with E-state index in [0.717, 1.165) is 16.7 Å². The quantitative estimate of drug-likeness (QED) is 0.718. The van der Waals surface area contributed by atoms with Gasteiger partial charge >= 0.3 is 0 Å². The Kier molecular flexibility index (Phi) is 2.12. The molecule has 3 heterocycles. The lowest BCUT2D eigenvalue weighted by molar-refractivity contribution is 0.803. The van der Waals surface area contributed by atoms with Crippen molar-refractivity contribution in [3.05, 3.63) is 48.3 Å². The lowest BCUT2D eigenvalue weighted by Gasteiger charge is -2.01. The summed E-state index contributed by atoms with van der Waals surface area (Å²) in [5.41, 5.74) is 2.18. The Bertz CT molecular complexity index is 687. The molecule has 0 aliphatic carbocycles. The Labute approximate surface area is 97.4 Å². The molecule has 0 unspecified atom stereocenters. The topological polar surface area (TPSA) is 70.3 Å². The first-order chi connectivity index (χ1) is 8.36. The van der Waals surface area contributed by atoms with Crippen LogP contribution in [0.5, 0.6) is 0 Å². The highest BCUT2D eigenvalue weighted by Gasteiger charge is 2.05. The molecule has 0 fully saturated rings. The predicted molar refractivity (Wildman–Crippen MR) is 62.1 cm³/mol. The van der Waals surface area contributed by atoms with Crippen molar-refractivity contribution in [3.63, 3.8) is 0 Å². The van der Waals surface area contributed by atoms with Gasteiger partial charge in [0.2, 0.25) is 0 Å². The number of pyridine rings is 1. The van der Waals surface area contributed by atoms with E-state index in [1.165, 1.54) is 0 Å². The molecular formula is C12H9N5. The molecule has 5 nitrogen and oxygen atoms in total. The molecule has 0 atom stereocenters. The van der Waals surface area contributed by atoms with Gasteiger partial charge in [-0.2, -0.15) is 5.26 Å². The van der Waals surface area contributed by atoms with E-state index in [2.05, 4.69) is 15.0 Å². The van der Waals surface area contributed by atoms with E-state index in [0.29, 0.717) is 12.2 Å². The van der Waals surface area contributed by atoms with E-state index in [-0.39, 0.29) is 0 Å². The van der Waals surface area contributed by atoms with Crippen LogP contribution in [-0.4, -0.2) is 19.5 Å². The molecule has 0 saturated heterocycles. The minimum atomic E-state index is 0.430. The average molecular weight is 223 g/mol. The fraction of sp³-hybridized carbons (Fsp3) is 0.0833. The SMILES string of the molecule is N#Cc1ccc2ccn(Cc3c[nH]cn3)c2n1. The van der Waals surface area contributed by atoms with Gasteiger partial charge in [-0.05, 0) is 18.2 Å². The first kappa shape index (κ1) is 9.60. The van der Waals surface area contributed by atoms with Gasteiger partial charge in [0.15, 0.2) is 0 Å². The Morgan fingerprint density at radius 3 is 3.06 bits per heavy atom. The number of nitrogens with one attached hydrogen (secondary N) is 1. The number of H-pyrrole nitrogens is 1. The zero-order chi connectivity index (χ0) is 11.7. The summed E-state index contributed by atoms with van der Waals surface area (Å²) in [6.45, 7) is 0.648. The van der Waals surface area contributed by atoms with Crippen molar-refractivity contribution in [1.29, 1.82) is 5.26 Å². The van der Waals surface area contributed by atoms with Crippen molar-refractivity contribution >= 4 is 11.0 Å². The summed E-state index contributed by atoms with van der Waals surface area (Å²) >= 11 is 0. The molecule has 0 aliphatic heterocycles. The van der Waals surface area contributed by atoms with Crippen LogP contribution in [0.1, 0.15) is 11.4 Å². The lowest BCUT2D eigenvalue weighted by Crippen LogP contribution is -1.99. The van der Waals surface area contributed by atoms with Crippen molar-refractivity contribution in [2.45, 2.75) is 6.54 Å². The number of fused-ring (bicyclic) bond motifs is 1. The summed E-state index contributed by atoms with van der Waals surface area (Å²) in [4.78, 5) is 11.4. The van der Waals surface area contributed by atoms with Gasteiger partial charge in [0.05, 0.1) is 18.6 Å². The molecule has 3 rings (SSSR count). The van der Waals surface area contributed by atoms with Crippen molar-refractivity contribution in [2.75, 3.05) is 0 Å². The van der Waals surface area contributed by atoms with Gasteiger partial charge in [-0.3, -0.25) is 0 Å². The lowest BCUT2D eigenvalue weighted by atomic mass is 10.3. The van der Waals surface area contributed by atoms with Crippen LogP contribution in [0.25, 0.3) is 11.0 Å². The number of imidazole rings is 1. The third-order valence-electron chi connectivity index (χ3n) is 2.61. The molecule has 0 saturated carbocycles. The maximum atomic E-state index is 8.84. The van der Waals surface area contributed by atoms with E-state index in [1.807, 2.05) is 35.2 Å². The largest absolute Gasteiger partial charge is 0.351 e. The number of nitriles is 1. The number of hydrogen-bond donors (Lipinski definition) is 1. The summed E-state index contributed by atoms with van der Waals surface area (Å²) in [7, 11) is 0. The molecular weight excluding hydrogens is 214 g/mol. The minimum absolute atomic E-state index is 0.430. The molecule has 0 aliphatic rings. The zero-order valence-electron chi connectivity index (χ0n) is 8.96. The van der Waals surface area contributed by atoms with Gasteiger partial charge in [-0.15, -0.1) is 0 Å². The van der Waals surface area contributed by atoms with Crippen molar-refractivity contribution < 1.29 is 0 Å². The van der Waals surface area contributed by atoms with Crippen LogP contribution in [-0.2, 0) is 6.54 Å². The maximum Gasteiger partial charge on any atom is 0.142 e. The Hall–Kier alpha value is -2.61. The highest BCUT2D eigenvalue weighted by atomic mass is 15.0. The molecule has 5 heteroatoms. The number of rotatable bonds is 2. The summed E-state index contributed by atoms with van der Waals surface area (Å²) in [5, 5.41) is 9.87. The van der Waals surface area contributed by atoms with Gasteiger partial charge in [0, 0.05) is 17.8 Å². The minimum Gasteiger partial charge on any atom is -0.351 e. The molecule has 0 radical (unpaired) electrons. The zero-order valence-corrected chi connectivity index (χ0v) is 8.96. The van der Waals surface area contributed by atoms with Crippen LogP contribution < -0.4 is 0 Å². The van der Waals surface area contributed by atoms with Gasteiger partial charge in [-0.1, -0.05) is 0 Å². The molecule has 0 amide bonds. The van der Waals surface area contributed by atoms with E-state index in [4.69, 9.17) is 5.26 Å². The van der Waals surface area contributed by atoms with Crippen LogP contribution in [0, 0.1) is 11.3 Å². The third kappa shape index (κ3) is 1.66. The van der Waals surface area contributed by atoms with E-state index >= 15 is 0 Å². The van der Waals surface area contributed by atoms with Crippen LogP contribution in [0.2, 0.25) is 0 Å². The Morgan fingerprint density at radius 1 is 1.35 bits per heavy atom. The molecule has 17 heavy (non-hydrogen) atoms. The molecule has 3 aromatic rings. The molecule has 0 spiro atoms. The molecule has 1 N–H and O–H groups in total. The standard InChI is InChI=1S/C12H9N5/c13-5-10-2-1-9-3-4-17(12(9)16-10)7-11-6-14-8-15-11/h1-4,6,8H,7H2,(H,14,15). The predicted octanol–water partition coefficient (Wildman–Crippen LogP) is 1.68. The van der Waals surface area contributed by atoms with E-state index in [1.54, 1.807) is 12.4 Å². The van der Waals surface area contributed by atoms with Crippen LogP contribution in [0.4, 0.5) is 0 Å². The Morgan fingerprint density at radius 2 is 2.29 bits per heavy atom. The van der Waals surface area contributed by atoms with E-state index in [9.17, 15) is 0 Å². The van der Waals surface area contributed by atoms with Gasteiger partial charge in [0.1, 0.15) is 17.4 Å². The van der Waals surface area contributed by atoms with Gasteiger partial charge in [-0.25, -0.2) is 9.97 Å². The smallest absolute Gasteiger partial charge is 0.142 e. The van der Waals surface area contributed by atoms with Crippen molar-refractivity contribution in [1.82, 2.24) is 19.5 Å². The highest BCUT2D eigenvalue weighted by molar-refractivity contribution is 5.76. The first-order valence-electron chi connectivity index (χ1n) is 5.20. The summed E-state index contributed by atoms with van der Waals surface area (Å²) < 4.78 is 1.98. The highest BCUT2D eigenvalue weighted by Crippen LogP contribution is 2.15. The summed E-state index contributed by atoms with van der Waals surface area (Å²) in [6, 6.07) is 7.66. The molecule has 0 aromatic carbocycles. The van der Waals surface area contributed by atoms with Crippen LogP contribution >= 0.6 is 0 Å². The number of aromatic amines is 1. The number of aromatic nitrogens is 4. The monoisotopic (exact) mass is 223 g/mol. The second-order valence-electron chi connectivity index (χ2n) is 3.73. The normalized spacial score (nSPS) is 10.5. The van der Waals surface area contributed by atoms with Crippen LogP contribution in [0.3, 0.4) is 0 Å². The van der Waals surface area contributed by atoms with Gasteiger partial charge in [0.25, 0.3) is 0 Å². The fourth-order valence-electron chi connectivity index (χ4n) is 1.80. The van der Waals surface area contributed by atoms with Crippen molar-refractivity contribution in [2.24, 2.45) is 0 Å². The van der Waals surface area contributed by atoms with Gasteiger partial charge < -0.3 is 9.55 Å². The fourth-order valence-corrected chi connectivity index (χ4v) is 1.80. The molecule has 82 valence electrons. The van der Waals surface area contributed by atoms with E-state index < -0.39 is 0 Å². The second-order valence-corrected chi connectivity index (χ2v) is 3.73. The molecule has 0 bridgehead atoms. The Balaban J connectivity index is 2.08. The average Bonchev–Trinajstić information content (AvgIpc) is 2.99. The summed E-state index contributed by atoms with van der Waals surface area (Å²) in [5.74, 6) is 0.